The van der Waals surface area contributed by atoms with Gasteiger partial charge in [0.05, 0.1) is 5.69 Å². The van der Waals surface area contributed by atoms with Gasteiger partial charge >= 0.3 is 5.97 Å². The quantitative estimate of drug-likeness (QED) is 0.833. The molecule has 3 N–H and O–H groups in total. The standard InChI is InChI=1S/C12H17NO2S/c1-7-8(13)9(11(14)15)16-10(7)12(2)5-3-4-6-12/h3-6,13H2,1-2H3,(H,14,15). The lowest BCUT2D eigenvalue weighted by molar-refractivity contribution is 0.0703. The second-order valence-corrected chi connectivity index (χ2v) is 5.89. The Morgan fingerprint density at radius 3 is 2.44 bits per heavy atom. The van der Waals surface area contributed by atoms with Crippen molar-refractivity contribution in [3.63, 3.8) is 0 Å². The fourth-order valence-electron chi connectivity index (χ4n) is 2.64. The average molecular weight is 239 g/mol. The van der Waals surface area contributed by atoms with E-state index < -0.39 is 5.97 Å². The number of aromatic carboxylic acids is 1. The summed E-state index contributed by atoms with van der Waals surface area (Å²) >= 11 is 1.37. The average Bonchev–Trinajstić information content (AvgIpc) is 2.75. The third kappa shape index (κ3) is 1.61. The Labute approximate surface area is 99.3 Å². The fourth-order valence-corrected chi connectivity index (χ4v) is 3.91. The summed E-state index contributed by atoms with van der Waals surface area (Å²) in [7, 11) is 0. The molecule has 2 rings (SSSR count). The Hall–Kier alpha value is -1.03. The molecule has 88 valence electrons. The van der Waals surface area contributed by atoms with Crippen LogP contribution in [0, 0.1) is 6.92 Å². The SMILES string of the molecule is Cc1c(C2(C)CCCC2)sc(C(=O)O)c1N. The van der Waals surface area contributed by atoms with Crippen molar-refractivity contribution in [1.82, 2.24) is 0 Å². The van der Waals surface area contributed by atoms with Gasteiger partial charge in [0.25, 0.3) is 0 Å². The zero-order chi connectivity index (χ0) is 11.9. The third-order valence-corrected chi connectivity index (χ3v) is 5.24. The molecule has 0 saturated heterocycles. The highest BCUT2D eigenvalue weighted by Gasteiger charge is 2.35. The molecule has 0 atom stereocenters. The van der Waals surface area contributed by atoms with Gasteiger partial charge in [-0.05, 0) is 25.3 Å². The second kappa shape index (κ2) is 3.77. The number of carbonyl (C=O) groups is 1. The highest BCUT2D eigenvalue weighted by Crippen LogP contribution is 2.47. The highest BCUT2D eigenvalue weighted by molar-refractivity contribution is 7.15. The summed E-state index contributed by atoms with van der Waals surface area (Å²) in [4.78, 5) is 12.5. The summed E-state index contributed by atoms with van der Waals surface area (Å²) in [5.74, 6) is -0.904. The zero-order valence-corrected chi connectivity index (χ0v) is 10.5. The molecule has 0 bridgehead atoms. The molecule has 1 heterocycles. The maximum Gasteiger partial charge on any atom is 0.348 e. The Morgan fingerprint density at radius 1 is 1.44 bits per heavy atom. The molecule has 0 radical (unpaired) electrons. The number of anilines is 1. The van der Waals surface area contributed by atoms with Crippen molar-refractivity contribution in [3.05, 3.63) is 15.3 Å². The summed E-state index contributed by atoms with van der Waals surface area (Å²) in [6, 6.07) is 0. The van der Waals surface area contributed by atoms with Crippen LogP contribution in [0.25, 0.3) is 0 Å². The van der Waals surface area contributed by atoms with Crippen molar-refractivity contribution >= 4 is 23.0 Å². The molecule has 0 aliphatic heterocycles. The van der Waals surface area contributed by atoms with Crippen LogP contribution in [-0.4, -0.2) is 11.1 Å². The Bertz CT molecular complexity index is 430. The fraction of sp³-hybridized carbons (Fsp3) is 0.583. The number of rotatable bonds is 2. The molecule has 1 saturated carbocycles. The molecule has 1 aliphatic carbocycles. The molecule has 1 aromatic heterocycles. The first-order valence-corrected chi connectivity index (χ1v) is 6.40. The van der Waals surface area contributed by atoms with Crippen molar-refractivity contribution in [2.24, 2.45) is 0 Å². The number of nitrogens with two attached hydrogens (primary N) is 1. The van der Waals surface area contributed by atoms with Gasteiger partial charge in [0.2, 0.25) is 0 Å². The van der Waals surface area contributed by atoms with Gasteiger partial charge in [-0.15, -0.1) is 11.3 Å². The van der Waals surface area contributed by atoms with Gasteiger partial charge in [-0.3, -0.25) is 0 Å². The van der Waals surface area contributed by atoms with Gasteiger partial charge in [0, 0.05) is 10.3 Å². The van der Waals surface area contributed by atoms with E-state index in [-0.39, 0.29) is 5.41 Å². The molecular weight excluding hydrogens is 222 g/mol. The minimum absolute atomic E-state index is 0.149. The first-order valence-electron chi connectivity index (χ1n) is 5.58. The van der Waals surface area contributed by atoms with Crippen LogP contribution in [-0.2, 0) is 5.41 Å². The second-order valence-electron chi connectivity index (χ2n) is 4.87. The van der Waals surface area contributed by atoms with Gasteiger partial charge in [-0.1, -0.05) is 19.8 Å². The number of carboxylic acid groups (broad SMARTS) is 1. The topological polar surface area (TPSA) is 63.3 Å². The first kappa shape index (κ1) is 11.5. The number of hydrogen-bond acceptors (Lipinski definition) is 3. The minimum atomic E-state index is -0.904. The normalized spacial score (nSPS) is 18.9. The predicted molar refractivity (Wildman–Crippen MR) is 66.2 cm³/mol. The summed E-state index contributed by atoms with van der Waals surface area (Å²) in [5.41, 5.74) is 7.45. The summed E-state index contributed by atoms with van der Waals surface area (Å²) in [6.07, 6.45) is 4.76. The monoisotopic (exact) mass is 239 g/mol. The van der Waals surface area contributed by atoms with Crippen LogP contribution < -0.4 is 5.73 Å². The van der Waals surface area contributed by atoms with E-state index >= 15 is 0 Å². The van der Waals surface area contributed by atoms with Crippen molar-refractivity contribution < 1.29 is 9.90 Å². The Kier molecular flexibility index (Phi) is 2.70. The summed E-state index contributed by atoms with van der Waals surface area (Å²) < 4.78 is 0. The molecule has 16 heavy (non-hydrogen) atoms. The van der Waals surface area contributed by atoms with Gasteiger partial charge in [0.1, 0.15) is 4.88 Å². The lowest BCUT2D eigenvalue weighted by Crippen LogP contribution is -2.16. The van der Waals surface area contributed by atoms with Crippen molar-refractivity contribution in [2.75, 3.05) is 5.73 Å². The smallest absolute Gasteiger partial charge is 0.348 e. The van der Waals surface area contributed by atoms with Crippen LogP contribution in [0.3, 0.4) is 0 Å². The van der Waals surface area contributed by atoms with E-state index in [1.54, 1.807) is 0 Å². The molecule has 3 nitrogen and oxygen atoms in total. The van der Waals surface area contributed by atoms with E-state index in [2.05, 4.69) is 6.92 Å². The molecule has 1 aliphatic rings. The van der Waals surface area contributed by atoms with Crippen molar-refractivity contribution in [2.45, 2.75) is 44.9 Å². The van der Waals surface area contributed by atoms with E-state index in [0.29, 0.717) is 10.6 Å². The molecule has 1 fully saturated rings. The molecule has 4 heteroatoms. The zero-order valence-electron chi connectivity index (χ0n) is 9.67. The molecular formula is C12H17NO2S. The first-order chi connectivity index (χ1) is 7.46. The third-order valence-electron chi connectivity index (χ3n) is 3.64. The van der Waals surface area contributed by atoms with Crippen molar-refractivity contribution in [3.8, 4) is 0 Å². The summed E-state index contributed by atoms with van der Waals surface area (Å²) in [5, 5.41) is 9.06. The van der Waals surface area contributed by atoms with Crippen LogP contribution >= 0.6 is 11.3 Å². The number of carboxylic acids is 1. The van der Waals surface area contributed by atoms with Crippen molar-refractivity contribution in [1.29, 1.82) is 0 Å². The van der Waals surface area contributed by atoms with Gasteiger partial charge in [0.15, 0.2) is 0 Å². The summed E-state index contributed by atoms with van der Waals surface area (Å²) in [6.45, 7) is 4.17. The van der Waals surface area contributed by atoms with Gasteiger partial charge in [-0.2, -0.15) is 0 Å². The van der Waals surface area contributed by atoms with Gasteiger partial charge in [-0.25, -0.2) is 4.79 Å². The van der Waals surface area contributed by atoms with Crippen LogP contribution in [0.5, 0.6) is 0 Å². The Balaban J connectivity index is 2.49. The molecule has 0 amide bonds. The number of nitrogen functional groups attached to an aromatic ring is 1. The van der Waals surface area contributed by atoms with E-state index in [1.807, 2.05) is 6.92 Å². The Morgan fingerprint density at radius 2 is 2.00 bits per heavy atom. The highest BCUT2D eigenvalue weighted by atomic mass is 32.1. The number of thiophene rings is 1. The molecule has 1 aromatic rings. The van der Waals surface area contributed by atoms with Crippen LogP contribution in [0.2, 0.25) is 0 Å². The van der Waals surface area contributed by atoms with E-state index in [1.165, 1.54) is 29.1 Å². The minimum Gasteiger partial charge on any atom is -0.477 e. The number of hydrogen-bond donors (Lipinski definition) is 2. The lowest BCUT2D eigenvalue weighted by Gasteiger charge is -2.23. The maximum atomic E-state index is 11.0. The van der Waals surface area contributed by atoms with E-state index in [9.17, 15) is 4.79 Å². The van der Waals surface area contributed by atoms with Crippen LogP contribution in [0.4, 0.5) is 5.69 Å². The maximum absolute atomic E-state index is 11.0. The van der Waals surface area contributed by atoms with E-state index in [0.717, 1.165) is 18.4 Å². The largest absolute Gasteiger partial charge is 0.477 e. The molecule has 0 unspecified atom stereocenters. The van der Waals surface area contributed by atoms with Crippen LogP contribution in [0.1, 0.15) is 52.7 Å². The molecule has 0 aromatic carbocycles. The lowest BCUT2D eigenvalue weighted by atomic mass is 9.85. The van der Waals surface area contributed by atoms with Crippen LogP contribution in [0.15, 0.2) is 0 Å². The van der Waals surface area contributed by atoms with Gasteiger partial charge < -0.3 is 10.8 Å². The molecule has 0 spiro atoms. The van der Waals surface area contributed by atoms with E-state index in [4.69, 9.17) is 10.8 Å². The predicted octanol–water partition coefficient (Wildman–Crippen LogP) is 3.17.